The van der Waals surface area contributed by atoms with Gasteiger partial charge in [0.2, 0.25) is 10.0 Å². The maximum Gasteiger partial charge on any atom is 0.316 e. The average Bonchev–Trinajstić information content (AvgIpc) is 2.86. The Balaban J connectivity index is 2.34. The smallest absolute Gasteiger partial charge is 0.316 e. The van der Waals surface area contributed by atoms with E-state index in [9.17, 15) is 13.2 Å². The molecule has 0 bridgehead atoms. The molecule has 9 heteroatoms. The summed E-state index contributed by atoms with van der Waals surface area (Å²) in [6.45, 7) is 6.43. The van der Waals surface area contributed by atoms with Gasteiger partial charge in [-0.25, -0.2) is 18.5 Å². The van der Waals surface area contributed by atoms with Crippen molar-refractivity contribution in [3.8, 4) is 0 Å². The van der Waals surface area contributed by atoms with Crippen LogP contribution in [0.25, 0.3) is 11.0 Å². The Morgan fingerprint density at radius 3 is 2.72 bits per heavy atom. The normalized spacial score (nSPS) is 12.0. The predicted molar refractivity (Wildman–Crippen MR) is 98.0 cm³/mol. The molecule has 2 N–H and O–H groups in total. The number of primary sulfonamides is 1. The molecule has 0 amide bonds. The van der Waals surface area contributed by atoms with Crippen LogP contribution in [0.2, 0.25) is 0 Å². The zero-order chi connectivity index (χ0) is 18.6. The minimum atomic E-state index is -3.78. The molecule has 1 heterocycles. The van der Waals surface area contributed by atoms with Crippen LogP contribution in [0.3, 0.4) is 0 Å². The first kappa shape index (κ1) is 19.7. The Bertz CT molecular complexity index is 860. The number of sulfonamides is 1. The first-order valence-electron chi connectivity index (χ1n) is 8.07. The number of esters is 1. The number of aromatic nitrogens is 2. The quantitative estimate of drug-likeness (QED) is 0.553. The third-order valence-electron chi connectivity index (χ3n) is 3.43. The maximum atomic E-state index is 11.8. The van der Waals surface area contributed by atoms with Crippen LogP contribution in [0, 0.1) is 0 Å². The number of nitrogens with two attached hydrogens (primary N) is 1. The molecule has 0 radical (unpaired) electrons. The van der Waals surface area contributed by atoms with Crippen LogP contribution in [0.1, 0.15) is 33.6 Å². The summed E-state index contributed by atoms with van der Waals surface area (Å²) in [7, 11) is -3.78. The van der Waals surface area contributed by atoms with Gasteiger partial charge in [0.1, 0.15) is 0 Å². The Hall–Kier alpha value is -1.58. The van der Waals surface area contributed by atoms with Gasteiger partial charge in [-0.05, 0) is 38.5 Å². The molecular formula is C16H23N3O4S2. The lowest BCUT2D eigenvalue weighted by Crippen LogP contribution is -2.13. The van der Waals surface area contributed by atoms with Crippen molar-refractivity contribution in [3.05, 3.63) is 18.2 Å². The molecule has 0 saturated carbocycles. The van der Waals surface area contributed by atoms with Crippen molar-refractivity contribution in [3.63, 3.8) is 0 Å². The van der Waals surface area contributed by atoms with E-state index in [1.165, 1.54) is 23.9 Å². The molecule has 0 fully saturated rings. The number of benzene rings is 1. The second-order valence-corrected chi connectivity index (χ2v) is 8.43. The SMILES string of the molecule is CCCCn1c(SCC(=O)OC(C)C)nc2cc(S(N)(=O)=O)ccc21. The molecule has 25 heavy (non-hydrogen) atoms. The lowest BCUT2D eigenvalue weighted by atomic mass is 10.3. The number of rotatable bonds is 8. The fraction of sp³-hybridized carbons (Fsp3) is 0.500. The topological polar surface area (TPSA) is 104 Å². The van der Waals surface area contributed by atoms with E-state index in [0.717, 1.165) is 24.9 Å². The number of aryl methyl sites for hydroxylation is 1. The van der Waals surface area contributed by atoms with E-state index in [2.05, 4.69) is 11.9 Å². The zero-order valence-electron chi connectivity index (χ0n) is 14.6. The van der Waals surface area contributed by atoms with Crippen LogP contribution >= 0.6 is 11.8 Å². The summed E-state index contributed by atoms with van der Waals surface area (Å²) in [5, 5.41) is 5.85. The van der Waals surface area contributed by atoms with Crippen molar-refractivity contribution < 1.29 is 17.9 Å². The van der Waals surface area contributed by atoms with Gasteiger partial charge in [0.05, 0.1) is 27.8 Å². The molecule has 0 aliphatic carbocycles. The fourth-order valence-electron chi connectivity index (χ4n) is 2.33. The van der Waals surface area contributed by atoms with Gasteiger partial charge < -0.3 is 9.30 Å². The molecule has 0 aliphatic rings. The monoisotopic (exact) mass is 385 g/mol. The summed E-state index contributed by atoms with van der Waals surface area (Å²) >= 11 is 1.28. The number of unbranched alkanes of at least 4 members (excludes halogenated alkanes) is 1. The van der Waals surface area contributed by atoms with Crippen molar-refractivity contribution in [2.24, 2.45) is 5.14 Å². The Labute approximate surface area is 152 Å². The largest absolute Gasteiger partial charge is 0.462 e. The van der Waals surface area contributed by atoms with Crippen LogP contribution in [0.5, 0.6) is 0 Å². The van der Waals surface area contributed by atoms with Crippen LogP contribution in [-0.4, -0.2) is 35.8 Å². The lowest BCUT2D eigenvalue weighted by Gasteiger charge is -2.09. The first-order chi connectivity index (χ1) is 11.7. The van der Waals surface area contributed by atoms with E-state index in [1.807, 2.05) is 4.57 Å². The van der Waals surface area contributed by atoms with Crippen LogP contribution in [-0.2, 0) is 26.1 Å². The molecule has 0 spiro atoms. The summed E-state index contributed by atoms with van der Waals surface area (Å²) in [5.74, 6) is -0.158. The Morgan fingerprint density at radius 1 is 1.40 bits per heavy atom. The number of nitrogens with zero attached hydrogens (tertiary/aromatic N) is 2. The van der Waals surface area contributed by atoms with Crippen molar-refractivity contribution in [1.29, 1.82) is 0 Å². The van der Waals surface area contributed by atoms with Gasteiger partial charge in [-0.2, -0.15) is 0 Å². The van der Waals surface area contributed by atoms with E-state index in [-0.39, 0.29) is 22.7 Å². The van der Waals surface area contributed by atoms with Gasteiger partial charge in [0, 0.05) is 6.54 Å². The predicted octanol–water partition coefficient (Wildman–Crippen LogP) is 2.53. The van der Waals surface area contributed by atoms with Gasteiger partial charge in [0.15, 0.2) is 5.16 Å². The number of hydrogen-bond donors (Lipinski definition) is 1. The molecule has 7 nitrogen and oxygen atoms in total. The van der Waals surface area contributed by atoms with Crippen LogP contribution in [0.4, 0.5) is 0 Å². The standard InChI is InChI=1S/C16H23N3O4S2/c1-4-5-8-19-14-7-6-12(25(17,21)22)9-13(14)18-16(19)24-10-15(20)23-11(2)3/h6-7,9,11H,4-5,8,10H2,1-3H3,(H2,17,21,22). The van der Waals surface area contributed by atoms with Crippen LogP contribution in [0.15, 0.2) is 28.3 Å². The van der Waals surface area contributed by atoms with Gasteiger partial charge in [-0.3, -0.25) is 4.79 Å². The number of carbonyl (C=O) groups is 1. The highest BCUT2D eigenvalue weighted by Gasteiger charge is 2.16. The molecular weight excluding hydrogens is 362 g/mol. The highest BCUT2D eigenvalue weighted by atomic mass is 32.2. The van der Waals surface area contributed by atoms with E-state index in [1.54, 1.807) is 19.9 Å². The molecule has 0 aliphatic heterocycles. The molecule has 1 aromatic carbocycles. The highest BCUT2D eigenvalue weighted by molar-refractivity contribution is 7.99. The summed E-state index contributed by atoms with van der Waals surface area (Å²) in [5.41, 5.74) is 1.36. The number of hydrogen-bond acceptors (Lipinski definition) is 6. The molecule has 2 rings (SSSR count). The number of ether oxygens (including phenoxy) is 1. The fourth-order valence-corrected chi connectivity index (χ4v) is 3.68. The zero-order valence-corrected chi connectivity index (χ0v) is 16.2. The average molecular weight is 386 g/mol. The van der Waals surface area contributed by atoms with Crippen molar-refractivity contribution >= 4 is 38.8 Å². The molecule has 0 saturated heterocycles. The van der Waals surface area contributed by atoms with Gasteiger partial charge in [0.25, 0.3) is 0 Å². The van der Waals surface area contributed by atoms with E-state index >= 15 is 0 Å². The Kier molecular flexibility index (Phi) is 6.47. The highest BCUT2D eigenvalue weighted by Crippen LogP contribution is 2.26. The third-order valence-corrected chi connectivity index (χ3v) is 5.30. The number of thioether (sulfide) groups is 1. The van der Waals surface area contributed by atoms with Gasteiger partial charge in [-0.1, -0.05) is 25.1 Å². The summed E-state index contributed by atoms with van der Waals surface area (Å²) in [6.07, 6.45) is 1.80. The molecule has 1 aromatic heterocycles. The Morgan fingerprint density at radius 2 is 2.12 bits per heavy atom. The van der Waals surface area contributed by atoms with Crippen molar-refractivity contribution in [1.82, 2.24) is 9.55 Å². The number of fused-ring (bicyclic) bond motifs is 1. The summed E-state index contributed by atoms with van der Waals surface area (Å²) in [6, 6.07) is 4.64. The van der Waals surface area contributed by atoms with Gasteiger partial charge >= 0.3 is 5.97 Å². The molecule has 2 aromatic rings. The summed E-state index contributed by atoms with van der Waals surface area (Å²) in [4.78, 5) is 16.3. The lowest BCUT2D eigenvalue weighted by molar-refractivity contribution is -0.144. The van der Waals surface area contributed by atoms with Gasteiger partial charge in [-0.15, -0.1) is 0 Å². The molecule has 0 unspecified atom stereocenters. The minimum Gasteiger partial charge on any atom is -0.462 e. The van der Waals surface area contributed by atoms with E-state index < -0.39 is 10.0 Å². The number of imidazole rings is 1. The van der Waals surface area contributed by atoms with E-state index in [4.69, 9.17) is 9.88 Å². The van der Waals surface area contributed by atoms with E-state index in [0.29, 0.717) is 10.7 Å². The number of carbonyl (C=O) groups excluding carboxylic acids is 1. The first-order valence-corrected chi connectivity index (χ1v) is 10.6. The molecule has 0 atom stereocenters. The summed E-state index contributed by atoms with van der Waals surface area (Å²) < 4.78 is 30.2. The van der Waals surface area contributed by atoms with Crippen molar-refractivity contribution in [2.45, 2.75) is 56.3 Å². The third kappa shape index (κ3) is 5.20. The van der Waals surface area contributed by atoms with Crippen LogP contribution < -0.4 is 5.14 Å². The maximum absolute atomic E-state index is 11.8. The van der Waals surface area contributed by atoms with Crippen molar-refractivity contribution in [2.75, 3.05) is 5.75 Å². The second kappa shape index (κ2) is 8.20. The molecule has 138 valence electrons. The second-order valence-electron chi connectivity index (χ2n) is 5.92. The minimum absolute atomic E-state index is 0.0240.